The van der Waals surface area contributed by atoms with E-state index < -0.39 is 15.8 Å². The summed E-state index contributed by atoms with van der Waals surface area (Å²) in [7, 11) is -0.481. The van der Waals surface area contributed by atoms with Gasteiger partial charge >= 0.3 is 0 Å². The average Bonchev–Trinajstić information content (AvgIpc) is 3.16. The first-order valence-electron chi connectivity index (χ1n) is 10.5. The van der Waals surface area contributed by atoms with E-state index in [0.29, 0.717) is 33.5 Å². The van der Waals surface area contributed by atoms with Crippen molar-refractivity contribution in [2.24, 2.45) is 0 Å². The van der Waals surface area contributed by atoms with Crippen LogP contribution in [-0.2, 0) is 10.0 Å². The fourth-order valence-corrected chi connectivity index (χ4v) is 4.60. The predicted molar refractivity (Wildman–Crippen MR) is 124 cm³/mol. The lowest BCUT2D eigenvalue weighted by Gasteiger charge is -2.32. The van der Waals surface area contributed by atoms with Gasteiger partial charge < -0.3 is 14.6 Å². The second-order valence-electron chi connectivity index (χ2n) is 8.01. The van der Waals surface area contributed by atoms with Crippen LogP contribution >= 0.6 is 0 Å². The molecule has 3 aromatic rings. The number of hydrogen-bond donors (Lipinski definition) is 1. The molecule has 0 spiro atoms. The summed E-state index contributed by atoms with van der Waals surface area (Å²) in [6.45, 7) is 1.60. The highest BCUT2D eigenvalue weighted by molar-refractivity contribution is 7.92. The number of carbonyl (C=O) groups is 1. The van der Waals surface area contributed by atoms with Crippen LogP contribution < -0.4 is 14.5 Å². The number of sulfonamides is 1. The number of amides is 1. The molecule has 1 aliphatic rings. The van der Waals surface area contributed by atoms with Gasteiger partial charge in [-0.3, -0.25) is 9.10 Å². The molecule has 0 bridgehead atoms. The first kappa shape index (κ1) is 22.1. The zero-order valence-corrected chi connectivity index (χ0v) is 19.1. The molecule has 0 radical (unpaired) electrons. The minimum absolute atomic E-state index is 0.308. The Bertz CT molecular complexity index is 1260. The van der Waals surface area contributed by atoms with Gasteiger partial charge in [0, 0.05) is 44.2 Å². The SMILES string of the molecule is CNC(=O)c1c(-c2ccc(F)cc2)oc2cc(N(C)S(C)(=O)=O)c(N3CCCCC3)cc12. The van der Waals surface area contributed by atoms with Crippen molar-refractivity contribution in [1.29, 1.82) is 0 Å². The summed E-state index contributed by atoms with van der Waals surface area (Å²) in [6.07, 6.45) is 4.29. The van der Waals surface area contributed by atoms with Crippen molar-refractivity contribution in [3.05, 3.63) is 47.8 Å². The number of carbonyl (C=O) groups excluding carboxylic acids is 1. The molecule has 4 rings (SSSR count). The summed E-state index contributed by atoms with van der Waals surface area (Å²) in [4.78, 5) is 15.0. The Morgan fingerprint density at radius 3 is 2.38 bits per heavy atom. The Labute approximate surface area is 186 Å². The van der Waals surface area contributed by atoms with Crippen molar-refractivity contribution in [3.8, 4) is 11.3 Å². The molecule has 9 heteroatoms. The number of benzene rings is 2. The van der Waals surface area contributed by atoms with Gasteiger partial charge in [-0.25, -0.2) is 12.8 Å². The van der Waals surface area contributed by atoms with Gasteiger partial charge in [0.15, 0.2) is 0 Å². The highest BCUT2D eigenvalue weighted by Crippen LogP contribution is 2.41. The molecule has 2 aromatic carbocycles. The van der Waals surface area contributed by atoms with Crippen LogP contribution in [0.1, 0.15) is 29.6 Å². The van der Waals surface area contributed by atoms with E-state index >= 15 is 0 Å². The van der Waals surface area contributed by atoms with Crippen LogP contribution in [0.15, 0.2) is 40.8 Å². The normalized spacial score (nSPS) is 14.6. The third-order valence-corrected chi connectivity index (χ3v) is 7.07. The van der Waals surface area contributed by atoms with E-state index in [4.69, 9.17) is 4.42 Å². The fourth-order valence-electron chi connectivity index (χ4n) is 4.09. The van der Waals surface area contributed by atoms with Gasteiger partial charge in [0.05, 0.1) is 23.2 Å². The maximum absolute atomic E-state index is 13.5. The summed E-state index contributed by atoms with van der Waals surface area (Å²) in [5.74, 6) is -0.421. The zero-order chi connectivity index (χ0) is 23.0. The van der Waals surface area contributed by atoms with Gasteiger partial charge in [-0.1, -0.05) is 0 Å². The average molecular weight is 460 g/mol. The smallest absolute Gasteiger partial charge is 0.255 e. The second kappa shape index (κ2) is 8.46. The Balaban J connectivity index is 2.00. The molecule has 170 valence electrons. The summed E-state index contributed by atoms with van der Waals surface area (Å²) < 4.78 is 45.5. The van der Waals surface area contributed by atoms with E-state index in [1.54, 1.807) is 18.2 Å². The van der Waals surface area contributed by atoms with Gasteiger partial charge in [0.1, 0.15) is 17.2 Å². The van der Waals surface area contributed by atoms with Gasteiger partial charge in [-0.15, -0.1) is 0 Å². The Morgan fingerprint density at radius 2 is 1.78 bits per heavy atom. The van der Waals surface area contributed by atoms with Gasteiger partial charge in [-0.2, -0.15) is 0 Å². The number of hydrogen-bond acceptors (Lipinski definition) is 5. The molecule has 0 unspecified atom stereocenters. The maximum Gasteiger partial charge on any atom is 0.255 e. The number of furan rings is 1. The number of nitrogens with zero attached hydrogens (tertiary/aromatic N) is 2. The van der Waals surface area contributed by atoms with Crippen LogP contribution in [0.5, 0.6) is 0 Å². The number of anilines is 2. The summed E-state index contributed by atoms with van der Waals surface area (Å²) >= 11 is 0. The molecule has 2 heterocycles. The molecule has 1 saturated heterocycles. The van der Waals surface area contributed by atoms with Gasteiger partial charge in [-0.05, 0) is 49.6 Å². The van der Waals surface area contributed by atoms with E-state index in [0.717, 1.165) is 44.3 Å². The molecule has 0 saturated carbocycles. The maximum atomic E-state index is 13.5. The van der Waals surface area contributed by atoms with Crippen molar-refractivity contribution in [1.82, 2.24) is 5.32 Å². The largest absolute Gasteiger partial charge is 0.455 e. The van der Waals surface area contributed by atoms with Crippen molar-refractivity contribution in [2.75, 3.05) is 42.6 Å². The molecule has 0 atom stereocenters. The highest BCUT2D eigenvalue weighted by atomic mass is 32.2. The minimum atomic E-state index is -3.52. The summed E-state index contributed by atoms with van der Waals surface area (Å²) in [5.41, 5.74) is 2.50. The summed E-state index contributed by atoms with van der Waals surface area (Å²) in [5, 5.41) is 3.23. The molecular weight excluding hydrogens is 433 g/mol. The van der Waals surface area contributed by atoms with Crippen molar-refractivity contribution >= 4 is 38.3 Å². The lowest BCUT2D eigenvalue weighted by Crippen LogP contribution is -2.33. The molecule has 0 aliphatic carbocycles. The Kier molecular flexibility index (Phi) is 5.85. The van der Waals surface area contributed by atoms with Crippen molar-refractivity contribution in [2.45, 2.75) is 19.3 Å². The van der Waals surface area contributed by atoms with Crippen molar-refractivity contribution < 1.29 is 22.0 Å². The molecule has 1 aromatic heterocycles. The molecule has 1 N–H and O–H groups in total. The number of fused-ring (bicyclic) bond motifs is 1. The predicted octanol–water partition coefficient (Wildman–Crippen LogP) is 3.98. The molecule has 32 heavy (non-hydrogen) atoms. The lowest BCUT2D eigenvalue weighted by atomic mass is 10.0. The van der Waals surface area contributed by atoms with Gasteiger partial charge in [0.25, 0.3) is 5.91 Å². The lowest BCUT2D eigenvalue weighted by molar-refractivity contribution is 0.0964. The number of rotatable bonds is 5. The van der Waals surface area contributed by atoms with Crippen LogP contribution in [0.4, 0.5) is 15.8 Å². The molecule has 7 nitrogen and oxygen atoms in total. The van der Waals surface area contributed by atoms with E-state index in [9.17, 15) is 17.6 Å². The van der Waals surface area contributed by atoms with E-state index in [2.05, 4.69) is 10.2 Å². The molecule has 1 fully saturated rings. The number of halogens is 1. The highest BCUT2D eigenvalue weighted by Gasteiger charge is 2.27. The van der Waals surface area contributed by atoms with E-state index in [1.165, 1.54) is 30.5 Å². The second-order valence-corrected chi connectivity index (χ2v) is 10.0. The molecular formula is C23H26FN3O4S. The van der Waals surface area contributed by atoms with Crippen LogP contribution in [0.25, 0.3) is 22.3 Å². The molecule has 1 amide bonds. The third-order valence-electron chi connectivity index (χ3n) is 5.88. The van der Waals surface area contributed by atoms with E-state index in [1.807, 2.05) is 6.07 Å². The van der Waals surface area contributed by atoms with Crippen LogP contribution in [-0.4, -0.2) is 47.8 Å². The van der Waals surface area contributed by atoms with Crippen LogP contribution in [0.2, 0.25) is 0 Å². The minimum Gasteiger partial charge on any atom is -0.455 e. The quantitative estimate of drug-likeness (QED) is 0.624. The fraction of sp³-hybridized carbons (Fsp3) is 0.348. The molecule has 1 aliphatic heterocycles. The summed E-state index contributed by atoms with van der Waals surface area (Å²) in [6, 6.07) is 9.21. The third kappa shape index (κ3) is 4.04. The first-order chi connectivity index (χ1) is 15.2. The van der Waals surface area contributed by atoms with Gasteiger partial charge in [0.2, 0.25) is 10.0 Å². The Morgan fingerprint density at radius 1 is 1.12 bits per heavy atom. The first-order valence-corrected chi connectivity index (χ1v) is 12.3. The monoisotopic (exact) mass is 459 g/mol. The van der Waals surface area contributed by atoms with Crippen LogP contribution in [0, 0.1) is 5.82 Å². The topological polar surface area (TPSA) is 82.9 Å². The standard InChI is InChI=1S/C23H26FN3O4S/c1-25-23(28)21-17-13-19(27-11-5-4-6-12-27)18(26(2)32(3,29)30)14-20(17)31-22(21)15-7-9-16(24)10-8-15/h7-10,13-14H,4-6,11-12H2,1-3H3,(H,25,28). The zero-order valence-electron chi connectivity index (χ0n) is 18.3. The number of piperidine rings is 1. The number of nitrogens with one attached hydrogen (secondary N) is 1. The van der Waals surface area contributed by atoms with E-state index in [-0.39, 0.29) is 5.91 Å². The Hall–Kier alpha value is -3.07. The van der Waals surface area contributed by atoms with Crippen LogP contribution in [0.3, 0.4) is 0 Å². The van der Waals surface area contributed by atoms with Crippen molar-refractivity contribution in [3.63, 3.8) is 0 Å².